The minimum absolute atomic E-state index is 0.0106. The lowest BCUT2D eigenvalue weighted by Gasteiger charge is -2.28. The van der Waals surface area contributed by atoms with E-state index in [4.69, 9.17) is 9.47 Å². The van der Waals surface area contributed by atoms with Gasteiger partial charge in [0.05, 0.1) is 49.2 Å². The third-order valence-electron chi connectivity index (χ3n) is 6.70. The number of rotatable bonds is 10. The first-order valence-electron chi connectivity index (χ1n) is 12.2. The van der Waals surface area contributed by atoms with Gasteiger partial charge in [-0.2, -0.15) is 0 Å². The van der Waals surface area contributed by atoms with Gasteiger partial charge in [-0.1, -0.05) is 5.21 Å². The molecule has 2 aliphatic rings. The molecule has 2 aliphatic carbocycles. The molecule has 1 amide bonds. The van der Waals surface area contributed by atoms with Crippen LogP contribution in [-0.4, -0.2) is 57.4 Å². The van der Waals surface area contributed by atoms with E-state index in [0.717, 1.165) is 32.1 Å². The number of Topliss-reactive ketones (excluding diaryl/α,β-unsaturated/α-hetero) is 1. The molecule has 4 rings (SSSR count). The molecule has 2 atom stereocenters. The Balaban J connectivity index is 1.39. The second-order valence-corrected chi connectivity index (χ2v) is 9.55. The Hall–Kier alpha value is -3.30. The minimum atomic E-state index is -0.185. The molecule has 10 heteroatoms. The average molecular weight is 484 g/mol. The van der Waals surface area contributed by atoms with Crippen molar-refractivity contribution >= 4 is 17.7 Å². The number of ether oxygens (including phenoxy) is 2. The van der Waals surface area contributed by atoms with Crippen LogP contribution in [0.5, 0.6) is 5.75 Å². The highest BCUT2D eigenvalue weighted by Crippen LogP contribution is 2.32. The van der Waals surface area contributed by atoms with Gasteiger partial charge < -0.3 is 14.8 Å². The number of carbonyl (C=O) groups is 3. The van der Waals surface area contributed by atoms with Gasteiger partial charge >= 0.3 is 5.97 Å². The molecule has 35 heavy (non-hydrogen) atoms. The van der Waals surface area contributed by atoms with E-state index >= 15 is 0 Å². The van der Waals surface area contributed by atoms with E-state index in [-0.39, 0.29) is 42.6 Å². The summed E-state index contributed by atoms with van der Waals surface area (Å²) in [7, 11) is 3.15. The Morgan fingerprint density at radius 2 is 1.97 bits per heavy atom. The Morgan fingerprint density at radius 3 is 2.69 bits per heavy atom. The number of esters is 1. The highest BCUT2D eigenvalue weighted by molar-refractivity contribution is 5.88. The molecule has 0 aliphatic heterocycles. The molecule has 2 saturated carbocycles. The first-order valence-corrected chi connectivity index (χ1v) is 12.2. The number of carbonyl (C=O) groups excluding carboxylic acids is 3. The van der Waals surface area contributed by atoms with Gasteiger partial charge in [-0.25, -0.2) is 4.98 Å². The number of hydrogen-bond donors (Lipinski definition) is 1. The van der Waals surface area contributed by atoms with Crippen LogP contribution in [0.1, 0.15) is 56.3 Å². The van der Waals surface area contributed by atoms with Gasteiger partial charge in [0, 0.05) is 13.5 Å². The van der Waals surface area contributed by atoms with Crippen molar-refractivity contribution < 1.29 is 23.9 Å². The molecule has 2 heterocycles. The second kappa shape index (κ2) is 11.0. The molecule has 10 nitrogen and oxygen atoms in total. The zero-order chi connectivity index (χ0) is 24.9. The molecule has 0 bridgehead atoms. The highest BCUT2D eigenvalue weighted by Gasteiger charge is 2.29. The normalized spacial score (nSPS) is 19.7. The highest BCUT2D eigenvalue weighted by atomic mass is 16.5. The molecule has 0 saturated heterocycles. The molecule has 0 aromatic carbocycles. The predicted octanol–water partition coefficient (Wildman–Crippen LogP) is 2.32. The van der Waals surface area contributed by atoms with E-state index in [2.05, 4.69) is 20.6 Å². The number of methoxy groups -OCH3 is 1. The first-order chi connectivity index (χ1) is 16.8. The van der Waals surface area contributed by atoms with Gasteiger partial charge in [0.25, 0.3) is 0 Å². The molecular weight excluding hydrogens is 450 g/mol. The summed E-state index contributed by atoms with van der Waals surface area (Å²) in [6.07, 6.45) is 5.94. The summed E-state index contributed by atoms with van der Waals surface area (Å²) < 4.78 is 12.6. The van der Waals surface area contributed by atoms with E-state index in [9.17, 15) is 14.4 Å². The molecule has 2 aromatic rings. The van der Waals surface area contributed by atoms with Crippen molar-refractivity contribution in [1.29, 1.82) is 0 Å². The number of nitrogens with one attached hydrogen (secondary N) is 1. The standard InChI is InChI=1S/C25H33N5O5/c1-15-22(35-19-6-4-5-17(12-19)25(33)34-3)10-9-20(27-15)24-21(30(2)29-28-24)13-18(31)14-26-23(32)11-16-7-8-16/h9-10,16-17,19H,4-8,11-14H2,1-3H3,(H,26,32)/t17-,19-/m0/s1. The molecule has 2 fully saturated rings. The van der Waals surface area contributed by atoms with E-state index in [1.807, 2.05) is 13.0 Å². The summed E-state index contributed by atoms with van der Waals surface area (Å²) >= 11 is 0. The molecule has 2 aromatic heterocycles. The van der Waals surface area contributed by atoms with Crippen molar-refractivity contribution in [2.24, 2.45) is 18.9 Å². The summed E-state index contributed by atoms with van der Waals surface area (Å²) in [5.74, 6) is 0.624. The van der Waals surface area contributed by atoms with E-state index in [0.29, 0.717) is 47.3 Å². The molecule has 1 N–H and O–H groups in total. The van der Waals surface area contributed by atoms with E-state index in [1.165, 1.54) is 7.11 Å². The largest absolute Gasteiger partial charge is 0.489 e. The Bertz CT molecular complexity index is 1090. The smallest absolute Gasteiger partial charge is 0.308 e. The zero-order valence-corrected chi connectivity index (χ0v) is 20.6. The number of amides is 1. The maximum Gasteiger partial charge on any atom is 0.308 e. The van der Waals surface area contributed by atoms with E-state index in [1.54, 1.807) is 17.8 Å². The Kier molecular flexibility index (Phi) is 7.77. The van der Waals surface area contributed by atoms with Crippen molar-refractivity contribution in [3.8, 4) is 17.1 Å². The minimum Gasteiger partial charge on any atom is -0.489 e. The number of nitrogens with zero attached hydrogens (tertiary/aromatic N) is 4. The number of hydrogen-bond acceptors (Lipinski definition) is 8. The first kappa shape index (κ1) is 24.8. The molecule has 0 spiro atoms. The summed E-state index contributed by atoms with van der Waals surface area (Å²) in [4.78, 5) is 41.0. The van der Waals surface area contributed by atoms with Crippen LogP contribution in [0.4, 0.5) is 0 Å². The maximum atomic E-state index is 12.5. The average Bonchev–Trinajstić information content (AvgIpc) is 3.59. The van der Waals surface area contributed by atoms with Crippen LogP contribution >= 0.6 is 0 Å². The molecular formula is C25H33N5O5. The Morgan fingerprint density at radius 1 is 1.17 bits per heavy atom. The van der Waals surface area contributed by atoms with E-state index < -0.39 is 0 Å². The monoisotopic (exact) mass is 483 g/mol. The topological polar surface area (TPSA) is 125 Å². The maximum absolute atomic E-state index is 12.5. The third-order valence-corrected chi connectivity index (χ3v) is 6.70. The van der Waals surface area contributed by atoms with Crippen LogP contribution < -0.4 is 10.1 Å². The fraction of sp³-hybridized carbons (Fsp3) is 0.600. The van der Waals surface area contributed by atoms with Crippen molar-refractivity contribution in [1.82, 2.24) is 25.3 Å². The quantitative estimate of drug-likeness (QED) is 0.511. The summed E-state index contributed by atoms with van der Waals surface area (Å²) in [6.45, 7) is 1.85. The lowest BCUT2D eigenvalue weighted by molar-refractivity contribution is -0.147. The van der Waals surface area contributed by atoms with Gasteiger partial charge in [-0.3, -0.25) is 19.1 Å². The van der Waals surface area contributed by atoms with Crippen molar-refractivity contribution in [2.75, 3.05) is 13.7 Å². The molecule has 0 unspecified atom stereocenters. The van der Waals surface area contributed by atoms with Gasteiger partial charge in [0.1, 0.15) is 11.4 Å². The predicted molar refractivity (Wildman–Crippen MR) is 126 cm³/mol. The van der Waals surface area contributed by atoms with Crippen molar-refractivity contribution in [2.45, 2.75) is 64.4 Å². The van der Waals surface area contributed by atoms with Crippen molar-refractivity contribution in [3.63, 3.8) is 0 Å². The summed E-state index contributed by atoms with van der Waals surface area (Å²) in [6, 6.07) is 3.65. The van der Waals surface area contributed by atoms with Crippen LogP contribution in [0.2, 0.25) is 0 Å². The number of aryl methyl sites for hydroxylation is 2. The molecule has 0 radical (unpaired) electrons. The zero-order valence-electron chi connectivity index (χ0n) is 20.6. The third kappa shape index (κ3) is 6.43. The SMILES string of the molecule is COC(=O)[C@H]1CCC[C@H](Oc2ccc(-c3nnn(C)c3CC(=O)CNC(=O)CC3CC3)nc2C)C1. The van der Waals surface area contributed by atoms with Crippen LogP contribution in [0.15, 0.2) is 12.1 Å². The lowest BCUT2D eigenvalue weighted by atomic mass is 9.87. The van der Waals surface area contributed by atoms with Crippen LogP contribution in [0, 0.1) is 18.8 Å². The van der Waals surface area contributed by atoms with Gasteiger partial charge in [-0.05, 0) is 63.5 Å². The number of ketones is 1. The fourth-order valence-corrected chi connectivity index (χ4v) is 4.49. The summed E-state index contributed by atoms with van der Waals surface area (Å²) in [5.41, 5.74) is 2.46. The number of aromatic nitrogens is 4. The second-order valence-electron chi connectivity index (χ2n) is 9.55. The summed E-state index contributed by atoms with van der Waals surface area (Å²) in [5, 5.41) is 11.0. The van der Waals surface area contributed by atoms with Crippen molar-refractivity contribution in [3.05, 3.63) is 23.5 Å². The van der Waals surface area contributed by atoms with Gasteiger partial charge in [-0.15, -0.1) is 5.10 Å². The molecule has 188 valence electrons. The van der Waals surface area contributed by atoms with Crippen LogP contribution in [-0.2, 0) is 32.6 Å². The Labute approximate surface area is 204 Å². The lowest BCUT2D eigenvalue weighted by Crippen LogP contribution is -2.30. The number of pyridine rings is 1. The fourth-order valence-electron chi connectivity index (χ4n) is 4.49. The van der Waals surface area contributed by atoms with Gasteiger partial charge in [0.2, 0.25) is 5.91 Å². The van der Waals surface area contributed by atoms with Gasteiger partial charge in [0.15, 0.2) is 5.78 Å². The van der Waals surface area contributed by atoms with Crippen LogP contribution in [0.25, 0.3) is 11.4 Å². The van der Waals surface area contributed by atoms with Crippen LogP contribution in [0.3, 0.4) is 0 Å².